The minimum atomic E-state index is -0.877. The number of ether oxygens (including phenoxy) is 2. The largest absolute Gasteiger partial charge is 0.386 e. The molecule has 1 aromatic carbocycles. The summed E-state index contributed by atoms with van der Waals surface area (Å²) < 4.78 is 13.9. The number of nitrogens with one attached hydrogen (secondary N) is 2. The number of likely N-dealkylation sites (N-methyl/N-ethyl adjacent to an activating group) is 2. The SMILES string of the molecule is CCC(C)[C@@H]([C@@H](CC(=O)N1CCC[C@H]1[C@H](OC)[C@@H](C)C(=O)N[C@H](C)[C@@H](O)c1ccccc1)OC)N(C)C(=O)[C@@H](NC(=O)[C@H](C(C)C)N(C)SC)C(C)C. The van der Waals surface area contributed by atoms with Crippen molar-refractivity contribution in [3.8, 4) is 0 Å². The molecule has 0 aromatic heterocycles. The summed E-state index contributed by atoms with van der Waals surface area (Å²) in [5.74, 6) is -1.60. The summed E-state index contributed by atoms with van der Waals surface area (Å²) in [6, 6.07) is 6.69. The highest BCUT2D eigenvalue weighted by Crippen LogP contribution is 2.30. The molecule has 0 saturated carbocycles. The highest BCUT2D eigenvalue weighted by Gasteiger charge is 2.43. The second kappa shape index (κ2) is 22.0. The molecule has 1 aliphatic rings. The Morgan fingerprint density at radius 2 is 1.57 bits per heavy atom. The van der Waals surface area contributed by atoms with Crippen molar-refractivity contribution in [3.63, 3.8) is 0 Å². The molecular weight excluding hydrogens is 695 g/mol. The maximum atomic E-state index is 14.3. The molecule has 10 atom stereocenters. The Labute approximate surface area is 323 Å². The van der Waals surface area contributed by atoms with E-state index < -0.39 is 48.4 Å². The molecule has 1 heterocycles. The van der Waals surface area contributed by atoms with Crippen LogP contribution in [-0.2, 0) is 28.7 Å². The van der Waals surface area contributed by atoms with Crippen molar-refractivity contribution in [1.82, 2.24) is 24.7 Å². The lowest BCUT2D eigenvalue weighted by Gasteiger charge is -2.41. The molecule has 1 fully saturated rings. The number of amides is 4. The van der Waals surface area contributed by atoms with Crippen LogP contribution in [0.3, 0.4) is 0 Å². The van der Waals surface area contributed by atoms with Gasteiger partial charge in [0.1, 0.15) is 12.1 Å². The molecule has 0 spiro atoms. The topological polar surface area (TPSA) is 141 Å². The van der Waals surface area contributed by atoms with Gasteiger partial charge >= 0.3 is 0 Å². The fourth-order valence-corrected chi connectivity index (χ4v) is 8.22. The number of hydrogen-bond donors (Lipinski definition) is 3. The number of aliphatic hydroxyl groups is 1. The molecule has 1 saturated heterocycles. The summed E-state index contributed by atoms with van der Waals surface area (Å²) in [5.41, 5.74) is 0.711. The van der Waals surface area contributed by atoms with E-state index in [1.165, 1.54) is 11.9 Å². The first-order chi connectivity index (χ1) is 25.0. The van der Waals surface area contributed by atoms with Gasteiger partial charge in [0.05, 0.1) is 48.8 Å². The number of aliphatic hydroxyl groups excluding tert-OH is 1. The van der Waals surface area contributed by atoms with Crippen LogP contribution in [0.4, 0.5) is 0 Å². The molecule has 302 valence electrons. The highest BCUT2D eigenvalue weighted by atomic mass is 32.2. The molecule has 1 aliphatic heterocycles. The number of carbonyl (C=O) groups excluding carboxylic acids is 4. The van der Waals surface area contributed by atoms with Gasteiger partial charge in [-0.3, -0.25) is 19.2 Å². The minimum Gasteiger partial charge on any atom is -0.386 e. The Balaban J connectivity index is 2.26. The number of rotatable bonds is 21. The lowest BCUT2D eigenvalue weighted by molar-refractivity contribution is -0.148. The lowest BCUT2D eigenvalue weighted by atomic mass is 9.89. The number of nitrogens with zero attached hydrogens (tertiary/aromatic N) is 3. The van der Waals surface area contributed by atoms with Crippen molar-refractivity contribution >= 4 is 35.6 Å². The fourth-order valence-electron chi connectivity index (χ4n) is 7.65. The van der Waals surface area contributed by atoms with Crippen LogP contribution in [0.2, 0.25) is 0 Å². The third-order valence-corrected chi connectivity index (χ3v) is 11.9. The van der Waals surface area contributed by atoms with Crippen LogP contribution >= 0.6 is 11.9 Å². The smallest absolute Gasteiger partial charge is 0.245 e. The first kappa shape index (κ1) is 46.4. The molecule has 0 aliphatic carbocycles. The number of carbonyl (C=O) groups is 4. The molecule has 1 unspecified atom stereocenters. The van der Waals surface area contributed by atoms with Crippen molar-refractivity contribution in [2.45, 2.75) is 130 Å². The van der Waals surface area contributed by atoms with Crippen molar-refractivity contribution < 1.29 is 33.8 Å². The van der Waals surface area contributed by atoms with Gasteiger partial charge in [0.15, 0.2) is 0 Å². The van der Waals surface area contributed by atoms with Crippen LogP contribution < -0.4 is 10.6 Å². The zero-order valence-corrected chi connectivity index (χ0v) is 35.3. The fraction of sp³-hybridized carbons (Fsp3) is 0.750. The van der Waals surface area contributed by atoms with Crippen LogP contribution in [0.25, 0.3) is 0 Å². The summed E-state index contributed by atoms with van der Waals surface area (Å²) in [6.45, 7) is 16.0. The predicted octanol–water partition coefficient (Wildman–Crippen LogP) is 4.52. The third-order valence-electron chi connectivity index (χ3n) is 11.1. The van der Waals surface area contributed by atoms with Gasteiger partial charge in [-0.1, -0.05) is 97.2 Å². The number of benzene rings is 1. The molecule has 53 heavy (non-hydrogen) atoms. The van der Waals surface area contributed by atoms with E-state index >= 15 is 0 Å². The van der Waals surface area contributed by atoms with E-state index in [1.807, 2.05) is 89.5 Å². The van der Waals surface area contributed by atoms with Gasteiger partial charge < -0.3 is 35.0 Å². The van der Waals surface area contributed by atoms with Crippen molar-refractivity contribution in [2.75, 3.05) is 41.1 Å². The molecule has 4 amide bonds. The van der Waals surface area contributed by atoms with Gasteiger partial charge in [0, 0.05) is 27.8 Å². The standard InChI is InChI=1S/C40H69N5O7S/c1-14-26(6)35(43(9)40(50)33(24(2)3)42-39(49)34(25(4)5)44(10)53-13)31(51-11)23-32(46)45-22-18-21-30(45)37(52-12)27(7)38(48)41-28(8)36(47)29-19-16-15-17-20-29/h15-17,19-20,24-28,30-31,33-37,47H,14,18,21-23H2,1-13H3,(H,41,48)(H,42,49)/t26?,27-,28-,30+,31-,33+,34+,35+,36-,37-/m1/s1. The Morgan fingerprint density at radius 1 is 0.943 bits per heavy atom. The normalized spacial score (nSPS) is 19.9. The molecule has 2 rings (SSSR count). The monoisotopic (exact) mass is 763 g/mol. The molecule has 3 N–H and O–H groups in total. The average Bonchev–Trinajstić information content (AvgIpc) is 3.62. The van der Waals surface area contributed by atoms with E-state index in [9.17, 15) is 24.3 Å². The third kappa shape index (κ3) is 12.1. The van der Waals surface area contributed by atoms with Crippen LogP contribution in [0, 0.1) is 23.7 Å². The number of likely N-dealkylation sites (tertiary alicyclic amines) is 1. The maximum absolute atomic E-state index is 14.3. The molecule has 13 heteroatoms. The predicted molar refractivity (Wildman–Crippen MR) is 212 cm³/mol. The summed E-state index contributed by atoms with van der Waals surface area (Å²) in [4.78, 5) is 58.9. The van der Waals surface area contributed by atoms with Crippen LogP contribution in [-0.4, -0.2) is 126 Å². The summed E-state index contributed by atoms with van der Waals surface area (Å²) >= 11 is 1.47. The summed E-state index contributed by atoms with van der Waals surface area (Å²) in [6.07, 6.45) is 2.05. The maximum Gasteiger partial charge on any atom is 0.245 e. The molecule has 1 aromatic rings. The lowest BCUT2D eigenvalue weighted by Crippen LogP contribution is -2.59. The zero-order chi connectivity index (χ0) is 40.2. The zero-order valence-electron chi connectivity index (χ0n) is 34.5. The number of hydrogen-bond acceptors (Lipinski definition) is 9. The van der Waals surface area contributed by atoms with E-state index in [2.05, 4.69) is 10.6 Å². The Hall–Kier alpha value is -2.71. The minimum absolute atomic E-state index is 0.0192. The Bertz CT molecular complexity index is 1300. The molecular formula is C40H69N5O7S. The molecule has 0 bridgehead atoms. The Morgan fingerprint density at radius 3 is 2.08 bits per heavy atom. The molecule has 12 nitrogen and oxygen atoms in total. The van der Waals surface area contributed by atoms with Gasteiger partial charge in [0.2, 0.25) is 23.6 Å². The second-order valence-electron chi connectivity index (χ2n) is 15.4. The van der Waals surface area contributed by atoms with Gasteiger partial charge in [-0.05, 0) is 56.4 Å². The molecule has 0 radical (unpaired) electrons. The first-order valence-corrected chi connectivity index (χ1v) is 20.4. The Kier molecular flexibility index (Phi) is 19.3. The van der Waals surface area contributed by atoms with Crippen molar-refractivity contribution in [1.29, 1.82) is 0 Å². The quantitative estimate of drug-likeness (QED) is 0.154. The van der Waals surface area contributed by atoms with E-state index in [0.29, 0.717) is 18.5 Å². The van der Waals surface area contributed by atoms with Crippen molar-refractivity contribution in [2.24, 2.45) is 23.7 Å². The summed E-state index contributed by atoms with van der Waals surface area (Å²) in [5, 5.41) is 16.8. The van der Waals surface area contributed by atoms with E-state index in [0.717, 1.165) is 12.8 Å². The second-order valence-corrected chi connectivity index (χ2v) is 16.3. The van der Waals surface area contributed by atoms with Gasteiger partial charge in [-0.15, -0.1) is 0 Å². The van der Waals surface area contributed by atoms with E-state index in [-0.39, 0.29) is 53.8 Å². The van der Waals surface area contributed by atoms with Crippen molar-refractivity contribution in [3.05, 3.63) is 35.9 Å². The first-order valence-electron chi connectivity index (χ1n) is 19.2. The van der Waals surface area contributed by atoms with Crippen LogP contribution in [0.5, 0.6) is 0 Å². The van der Waals surface area contributed by atoms with Crippen LogP contribution in [0.1, 0.15) is 92.7 Å². The average molecular weight is 764 g/mol. The highest BCUT2D eigenvalue weighted by molar-refractivity contribution is 7.96. The van der Waals surface area contributed by atoms with Crippen LogP contribution in [0.15, 0.2) is 30.3 Å². The van der Waals surface area contributed by atoms with E-state index in [4.69, 9.17) is 9.47 Å². The summed E-state index contributed by atoms with van der Waals surface area (Å²) in [7, 11) is 6.73. The van der Waals surface area contributed by atoms with Gasteiger partial charge in [0.25, 0.3) is 0 Å². The van der Waals surface area contributed by atoms with E-state index in [1.54, 1.807) is 44.9 Å². The van der Waals surface area contributed by atoms with Gasteiger partial charge in [-0.25, -0.2) is 4.31 Å². The number of methoxy groups -OCH3 is 2. The van der Waals surface area contributed by atoms with Gasteiger partial charge in [-0.2, -0.15) is 0 Å².